The fourth-order valence-electron chi connectivity index (χ4n) is 4.32. The number of rotatable bonds is 6. The molecule has 0 unspecified atom stereocenters. The number of ether oxygens (including phenoxy) is 1. The van der Waals surface area contributed by atoms with Gasteiger partial charge in [0.05, 0.1) is 18.7 Å². The molecule has 7 heteroatoms. The molecule has 0 spiro atoms. The largest absolute Gasteiger partial charge is 0.457 e. The van der Waals surface area contributed by atoms with E-state index >= 15 is 0 Å². The van der Waals surface area contributed by atoms with Crippen LogP contribution in [0.3, 0.4) is 0 Å². The van der Waals surface area contributed by atoms with Crippen molar-refractivity contribution in [2.75, 3.05) is 0 Å². The Morgan fingerprint density at radius 2 is 1.66 bits per heavy atom. The van der Waals surface area contributed by atoms with Crippen LogP contribution in [0.2, 0.25) is 0 Å². The third-order valence-electron chi connectivity index (χ3n) is 6.43. The van der Waals surface area contributed by atoms with Crippen molar-refractivity contribution in [3.63, 3.8) is 0 Å². The summed E-state index contributed by atoms with van der Waals surface area (Å²) >= 11 is 0. The molecule has 0 bridgehead atoms. The van der Waals surface area contributed by atoms with Crippen molar-refractivity contribution >= 4 is 5.69 Å². The maximum absolute atomic E-state index is 13.9. The standard InChI is InChI=1S/C31H27F3N2O2/c1-19(2)23-7-6-8-26(16-23)38-25-13-11-22(12-14-25)28-17-27(31(32,33)34)29(35-5)30(37)36(28)18-24-10-9-20(3)15-21(24)4/h6-17,19H,18H2,1-4H3. The molecule has 4 aromatic rings. The number of hydrogen-bond acceptors (Lipinski definition) is 2. The molecular weight excluding hydrogens is 489 g/mol. The maximum atomic E-state index is 13.9. The van der Waals surface area contributed by atoms with Gasteiger partial charge >= 0.3 is 6.18 Å². The van der Waals surface area contributed by atoms with Gasteiger partial charge in [-0.2, -0.15) is 13.2 Å². The Balaban J connectivity index is 1.80. The molecule has 0 saturated heterocycles. The molecule has 4 rings (SSSR count). The molecule has 0 radical (unpaired) electrons. The van der Waals surface area contributed by atoms with E-state index in [2.05, 4.69) is 18.7 Å². The van der Waals surface area contributed by atoms with Gasteiger partial charge in [0.15, 0.2) is 0 Å². The molecule has 0 fully saturated rings. The van der Waals surface area contributed by atoms with Crippen LogP contribution in [-0.4, -0.2) is 4.57 Å². The Bertz CT molecular complexity index is 1580. The van der Waals surface area contributed by atoms with Crippen molar-refractivity contribution in [2.45, 2.75) is 46.3 Å². The van der Waals surface area contributed by atoms with Gasteiger partial charge in [0.25, 0.3) is 11.2 Å². The van der Waals surface area contributed by atoms with E-state index in [1.165, 1.54) is 4.57 Å². The molecule has 1 aromatic heterocycles. The van der Waals surface area contributed by atoms with E-state index in [9.17, 15) is 18.0 Å². The van der Waals surface area contributed by atoms with Crippen LogP contribution in [0.25, 0.3) is 16.1 Å². The minimum absolute atomic E-state index is 0.0290. The van der Waals surface area contributed by atoms with Gasteiger partial charge in [-0.15, -0.1) is 0 Å². The van der Waals surface area contributed by atoms with E-state index in [1.54, 1.807) is 24.3 Å². The van der Waals surface area contributed by atoms with Crippen LogP contribution in [-0.2, 0) is 12.7 Å². The number of aryl methyl sites for hydroxylation is 2. The van der Waals surface area contributed by atoms with E-state index in [4.69, 9.17) is 11.3 Å². The number of benzene rings is 3. The molecule has 0 atom stereocenters. The van der Waals surface area contributed by atoms with Crippen molar-refractivity contribution < 1.29 is 17.9 Å². The maximum Gasteiger partial charge on any atom is 0.407 e. The van der Waals surface area contributed by atoms with Gasteiger partial charge in [-0.1, -0.05) is 49.7 Å². The first kappa shape index (κ1) is 26.7. The topological polar surface area (TPSA) is 35.6 Å². The average molecular weight is 517 g/mol. The molecule has 194 valence electrons. The number of aromatic nitrogens is 1. The Kier molecular flexibility index (Phi) is 7.45. The molecule has 0 aliphatic heterocycles. The molecule has 4 nitrogen and oxygen atoms in total. The second-order valence-electron chi connectivity index (χ2n) is 9.58. The van der Waals surface area contributed by atoms with Crippen LogP contribution in [0.4, 0.5) is 18.9 Å². The predicted molar refractivity (Wildman–Crippen MR) is 143 cm³/mol. The van der Waals surface area contributed by atoms with Crippen molar-refractivity contribution in [1.82, 2.24) is 4.57 Å². The molecule has 0 aliphatic rings. The van der Waals surface area contributed by atoms with Gasteiger partial charge in [0.1, 0.15) is 11.5 Å². The molecule has 0 saturated carbocycles. The third kappa shape index (κ3) is 5.65. The number of alkyl halides is 3. The zero-order valence-electron chi connectivity index (χ0n) is 21.6. The molecule has 0 amide bonds. The highest BCUT2D eigenvalue weighted by molar-refractivity contribution is 5.67. The Morgan fingerprint density at radius 3 is 2.26 bits per heavy atom. The van der Waals surface area contributed by atoms with E-state index in [0.29, 0.717) is 23.0 Å². The summed E-state index contributed by atoms with van der Waals surface area (Å²) in [5.41, 5.74) is 1.15. The normalized spacial score (nSPS) is 11.4. The summed E-state index contributed by atoms with van der Waals surface area (Å²) in [7, 11) is 0. The van der Waals surface area contributed by atoms with Crippen molar-refractivity contribution in [2.24, 2.45) is 0 Å². The summed E-state index contributed by atoms with van der Waals surface area (Å²) in [5.74, 6) is 1.49. The van der Waals surface area contributed by atoms with E-state index < -0.39 is 23.0 Å². The lowest BCUT2D eigenvalue weighted by Crippen LogP contribution is -2.25. The van der Waals surface area contributed by atoms with Gasteiger partial charge in [0, 0.05) is 5.69 Å². The summed E-state index contributed by atoms with van der Waals surface area (Å²) in [4.78, 5) is 16.2. The first-order valence-corrected chi connectivity index (χ1v) is 12.1. The smallest absolute Gasteiger partial charge is 0.407 e. The van der Waals surface area contributed by atoms with Crippen molar-refractivity contribution in [1.29, 1.82) is 0 Å². The molecule has 1 heterocycles. The van der Waals surface area contributed by atoms with Gasteiger partial charge in [-0.05, 0) is 84.5 Å². The second kappa shape index (κ2) is 10.6. The molecular formula is C31H27F3N2O2. The minimum Gasteiger partial charge on any atom is -0.457 e. The summed E-state index contributed by atoms with van der Waals surface area (Å²) < 4.78 is 48.8. The highest BCUT2D eigenvalue weighted by atomic mass is 19.4. The lowest BCUT2D eigenvalue weighted by atomic mass is 10.0. The molecule has 3 aromatic carbocycles. The monoisotopic (exact) mass is 516 g/mol. The quantitative estimate of drug-likeness (QED) is 0.240. The van der Waals surface area contributed by atoms with Crippen molar-refractivity contribution in [3.05, 3.63) is 122 Å². The predicted octanol–water partition coefficient (Wildman–Crippen LogP) is 8.67. The third-order valence-corrected chi connectivity index (χ3v) is 6.43. The Labute approximate surface area is 219 Å². The van der Waals surface area contributed by atoms with E-state index in [-0.39, 0.29) is 12.2 Å². The summed E-state index contributed by atoms with van der Waals surface area (Å²) in [6.45, 7) is 15.3. The number of pyridine rings is 1. The first-order valence-electron chi connectivity index (χ1n) is 12.1. The highest BCUT2D eigenvalue weighted by Crippen LogP contribution is 2.38. The molecule has 0 aliphatic carbocycles. The lowest BCUT2D eigenvalue weighted by Gasteiger charge is -2.19. The number of nitrogens with zero attached hydrogens (tertiary/aromatic N) is 2. The average Bonchev–Trinajstić information content (AvgIpc) is 2.86. The van der Waals surface area contributed by atoms with Gasteiger partial charge in [-0.3, -0.25) is 4.79 Å². The van der Waals surface area contributed by atoms with Crippen molar-refractivity contribution in [3.8, 4) is 22.8 Å². The second-order valence-corrected chi connectivity index (χ2v) is 9.58. The summed E-state index contributed by atoms with van der Waals surface area (Å²) in [6, 6.07) is 20.8. The number of halogens is 3. The minimum atomic E-state index is -4.85. The zero-order chi connectivity index (χ0) is 27.6. The van der Waals surface area contributed by atoms with Crippen LogP contribution < -0.4 is 10.3 Å². The van der Waals surface area contributed by atoms with E-state index in [1.807, 2.05) is 56.3 Å². The molecule has 0 N–H and O–H groups in total. The SMILES string of the molecule is [C-]#[N+]c1c(C(F)(F)F)cc(-c2ccc(Oc3cccc(C(C)C)c3)cc2)n(Cc2ccc(C)cc2C)c1=O. The van der Waals surface area contributed by atoms with Gasteiger partial charge < -0.3 is 9.30 Å². The lowest BCUT2D eigenvalue weighted by molar-refractivity contribution is -0.136. The summed E-state index contributed by atoms with van der Waals surface area (Å²) in [6.07, 6.45) is -4.85. The first-order chi connectivity index (χ1) is 18.0. The van der Waals surface area contributed by atoms with Gasteiger partial charge in [-0.25, -0.2) is 4.85 Å². The van der Waals surface area contributed by atoms with Gasteiger partial charge in [0.2, 0.25) is 0 Å². The van der Waals surface area contributed by atoms with Crippen LogP contribution in [0, 0.1) is 20.4 Å². The van der Waals surface area contributed by atoms with Crippen LogP contribution in [0.15, 0.2) is 77.6 Å². The zero-order valence-corrected chi connectivity index (χ0v) is 21.6. The Morgan fingerprint density at radius 1 is 0.947 bits per heavy atom. The van der Waals surface area contributed by atoms with Crippen LogP contribution >= 0.6 is 0 Å². The fraction of sp³-hybridized carbons (Fsp3) is 0.226. The highest BCUT2D eigenvalue weighted by Gasteiger charge is 2.36. The fourth-order valence-corrected chi connectivity index (χ4v) is 4.32. The van der Waals surface area contributed by atoms with E-state index in [0.717, 1.165) is 28.3 Å². The molecule has 38 heavy (non-hydrogen) atoms. The number of hydrogen-bond donors (Lipinski definition) is 0. The van der Waals surface area contributed by atoms with Crippen LogP contribution in [0.5, 0.6) is 11.5 Å². The van der Waals surface area contributed by atoms with Crippen LogP contribution in [0.1, 0.15) is 47.6 Å². The summed E-state index contributed by atoms with van der Waals surface area (Å²) in [5, 5.41) is 0. The Hall–Kier alpha value is -4.31.